The highest BCUT2D eigenvalue weighted by atomic mass is 79.9. The van der Waals surface area contributed by atoms with E-state index in [2.05, 4.69) is 25.7 Å². The minimum Gasteiger partial charge on any atom is -0.463 e. The van der Waals surface area contributed by atoms with Gasteiger partial charge in [-0.3, -0.25) is 0 Å². The van der Waals surface area contributed by atoms with E-state index in [1.165, 1.54) is 0 Å². The summed E-state index contributed by atoms with van der Waals surface area (Å²) in [5.74, 6) is -0.868. The maximum atomic E-state index is 13.2. The van der Waals surface area contributed by atoms with Gasteiger partial charge in [-0.05, 0) is 35.0 Å². The summed E-state index contributed by atoms with van der Waals surface area (Å²) in [5.41, 5.74) is -1.72. The molecule has 0 aliphatic carbocycles. The van der Waals surface area contributed by atoms with E-state index >= 15 is 0 Å². The third-order valence-corrected chi connectivity index (χ3v) is 2.75. The number of aromatic nitrogens is 1. The van der Waals surface area contributed by atoms with Crippen molar-refractivity contribution in [2.75, 3.05) is 6.61 Å². The standard InChI is InChI=1S/C9H9BrFNO2S/c1-2-14-9(13)8(11)15-7-4-3-6(10)5-12-7/h3-5,8H,2H2,1H3. The number of carbonyl (C=O) groups excluding carboxylic acids is 1. The fraction of sp³-hybridized carbons (Fsp3) is 0.333. The third kappa shape index (κ3) is 4.17. The molecule has 1 rings (SSSR count). The SMILES string of the molecule is CCOC(=O)C(F)Sc1ccc(Br)cn1. The number of pyridine rings is 1. The molecule has 0 bridgehead atoms. The average Bonchev–Trinajstić information content (AvgIpc) is 2.22. The van der Waals surface area contributed by atoms with Gasteiger partial charge in [0.15, 0.2) is 0 Å². The number of alkyl halides is 1. The van der Waals surface area contributed by atoms with Crippen molar-refractivity contribution in [3.63, 3.8) is 0 Å². The van der Waals surface area contributed by atoms with Crippen LogP contribution in [-0.2, 0) is 9.53 Å². The second-order valence-electron chi connectivity index (χ2n) is 2.50. The molecule has 1 atom stereocenters. The van der Waals surface area contributed by atoms with Gasteiger partial charge in [0.2, 0.25) is 5.50 Å². The minimum atomic E-state index is -1.72. The number of ether oxygens (including phenoxy) is 1. The molecule has 0 spiro atoms. The lowest BCUT2D eigenvalue weighted by Crippen LogP contribution is -2.15. The van der Waals surface area contributed by atoms with Crippen molar-refractivity contribution >= 4 is 33.7 Å². The lowest BCUT2D eigenvalue weighted by Gasteiger charge is -2.06. The number of hydrogen-bond donors (Lipinski definition) is 0. The van der Waals surface area contributed by atoms with Crippen LogP contribution in [0.1, 0.15) is 6.92 Å². The number of esters is 1. The first kappa shape index (κ1) is 12.4. The highest BCUT2D eigenvalue weighted by molar-refractivity contribution is 9.10. The van der Waals surface area contributed by atoms with E-state index in [0.29, 0.717) is 5.03 Å². The van der Waals surface area contributed by atoms with Crippen molar-refractivity contribution in [3.8, 4) is 0 Å². The van der Waals surface area contributed by atoms with Gasteiger partial charge in [0.1, 0.15) is 0 Å². The summed E-state index contributed by atoms with van der Waals surface area (Å²) in [6.45, 7) is 1.81. The molecule has 82 valence electrons. The molecule has 0 radical (unpaired) electrons. The van der Waals surface area contributed by atoms with Crippen LogP contribution in [0.2, 0.25) is 0 Å². The molecular weight excluding hydrogens is 285 g/mol. The molecule has 6 heteroatoms. The molecule has 3 nitrogen and oxygen atoms in total. The number of nitrogens with zero attached hydrogens (tertiary/aromatic N) is 1. The van der Waals surface area contributed by atoms with Crippen LogP contribution in [0.25, 0.3) is 0 Å². The van der Waals surface area contributed by atoms with Gasteiger partial charge in [-0.15, -0.1) is 0 Å². The average molecular weight is 294 g/mol. The molecule has 0 aromatic carbocycles. The maximum absolute atomic E-state index is 13.2. The van der Waals surface area contributed by atoms with Crippen LogP contribution in [0, 0.1) is 0 Å². The Bertz CT molecular complexity index is 333. The van der Waals surface area contributed by atoms with Gasteiger partial charge in [-0.2, -0.15) is 0 Å². The summed E-state index contributed by atoms with van der Waals surface area (Å²) in [5, 5.41) is 0.443. The van der Waals surface area contributed by atoms with Gasteiger partial charge < -0.3 is 4.74 Å². The lowest BCUT2D eigenvalue weighted by atomic mass is 10.5. The number of thioether (sulfide) groups is 1. The monoisotopic (exact) mass is 293 g/mol. The second-order valence-corrected chi connectivity index (χ2v) is 4.48. The Hall–Kier alpha value is -0.620. The first-order valence-corrected chi connectivity index (χ1v) is 5.89. The molecule has 1 aromatic rings. The summed E-state index contributed by atoms with van der Waals surface area (Å²) in [6, 6.07) is 3.35. The quantitative estimate of drug-likeness (QED) is 0.632. The Morgan fingerprint density at radius 3 is 3.00 bits per heavy atom. The van der Waals surface area contributed by atoms with Gasteiger partial charge in [-0.1, -0.05) is 11.8 Å². The van der Waals surface area contributed by atoms with Crippen LogP contribution in [0.4, 0.5) is 4.39 Å². The highest BCUT2D eigenvalue weighted by Crippen LogP contribution is 2.24. The molecule has 0 aliphatic rings. The van der Waals surface area contributed by atoms with Gasteiger partial charge in [0.05, 0.1) is 11.6 Å². The van der Waals surface area contributed by atoms with Gasteiger partial charge >= 0.3 is 5.97 Å². The van der Waals surface area contributed by atoms with E-state index in [0.717, 1.165) is 16.2 Å². The minimum absolute atomic E-state index is 0.174. The normalized spacial score (nSPS) is 12.2. The highest BCUT2D eigenvalue weighted by Gasteiger charge is 2.20. The van der Waals surface area contributed by atoms with E-state index in [1.807, 2.05) is 0 Å². The van der Waals surface area contributed by atoms with Crippen molar-refractivity contribution in [1.29, 1.82) is 0 Å². The molecule has 0 aliphatic heterocycles. The zero-order chi connectivity index (χ0) is 11.3. The van der Waals surface area contributed by atoms with E-state index in [9.17, 15) is 9.18 Å². The zero-order valence-electron chi connectivity index (χ0n) is 7.94. The van der Waals surface area contributed by atoms with E-state index in [-0.39, 0.29) is 6.61 Å². The van der Waals surface area contributed by atoms with E-state index in [1.54, 1.807) is 25.3 Å². The van der Waals surface area contributed by atoms with Crippen LogP contribution >= 0.6 is 27.7 Å². The predicted octanol–water partition coefficient (Wildman–Crippen LogP) is 2.79. The first-order valence-electron chi connectivity index (χ1n) is 4.22. The molecule has 0 saturated heterocycles. The summed E-state index contributed by atoms with van der Waals surface area (Å²) in [4.78, 5) is 14.9. The van der Waals surface area contributed by atoms with Crippen LogP contribution in [-0.4, -0.2) is 23.1 Å². The molecule has 0 N–H and O–H groups in total. The lowest BCUT2D eigenvalue weighted by molar-refractivity contribution is -0.145. The fourth-order valence-corrected chi connectivity index (χ4v) is 1.66. The Morgan fingerprint density at radius 1 is 1.73 bits per heavy atom. The summed E-state index contributed by atoms with van der Waals surface area (Å²) in [6.07, 6.45) is 1.54. The number of hydrogen-bond acceptors (Lipinski definition) is 4. The fourth-order valence-electron chi connectivity index (χ4n) is 0.794. The largest absolute Gasteiger partial charge is 0.463 e. The molecule has 0 amide bonds. The van der Waals surface area contributed by atoms with Crippen LogP contribution < -0.4 is 0 Å². The predicted molar refractivity (Wildman–Crippen MR) is 59.3 cm³/mol. The Kier molecular flexibility index (Phi) is 5.04. The Balaban J connectivity index is 2.54. The van der Waals surface area contributed by atoms with Crippen LogP contribution in [0.5, 0.6) is 0 Å². The topological polar surface area (TPSA) is 39.2 Å². The van der Waals surface area contributed by atoms with Gasteiger partial charge in [-0.25, -0.2) is 14.2 Å². The first-order chi connectivity index (χ1) is 7.13. The van der Waals surface area contributed by atoms with Gasteiger partial charge in [0, 0.05) is 10.7 Å². The molecular formula is C9H9BrFNO2S. The number of rotatable bonds is 4. The molecule has 1 aromatic heterocycles. The summed E-state index contributed by atoms with van der Waals surface area (Å²) >= 11 is 3.94. The Labute approximate surface area is 99.5 Å². The molecule has 0 saturated carbocycles. The van der Waals surface area contributed by atoms with Crippen molar-refractivity contribution in [3.05, 3.63) is 22.8 Å². The number of carbonyl (C=O) groups is 1. The Morgan fingerprint density at radius 2 is 2.47 bits per heavy atom. The molecule has 15 heavy (non-hydrogen) atoms. The summed E-state index contributed by atoms with van der Waals surface area (Å²) < 4.78 is 18.5. The van der Waals surface area contributed by atoms with E-state index in [4.69, 9.17) is 0 Å². The molecule has 0 fully saturated rings. The maximum Gasteiger partial charge on any atom is 0.351 e. The van der Waals surface area contributed by atoms with E-state index < -0.39 is 11.5 Å². The smallest absolute Gasteiger partial charge is 0.351 e. The van der Waals surface area contributed by atoms with Crippen molar-refractivity contribution < 1.29 is 13.9 Å². The zero-order valence-corrected chi connectivity index (χ0v) is 10.3. The van der Waals surface area contributed by atoms with Crippen molar-refractivity contribution in [2.45, 2.75) is 17.5 Å². The van der Waals surface area contributed by atoms with Crippen LogP contribution in [0.15, 0.2) is 27.8 Å². The van der Waals surface area contributed by atoms with Gasteiger partial charge in [0.25, 0.3) is 0 Å². The second kappa shape index (κ2) is 6.07. The number of halogens is 2. The van der Waals surface area contributed by atoms with Crippen molar-refractivity contribution in [2.24, 2.45) is 0 Å². The summed E-state index contributed by atoms with van der Waals surface area (Å²) in [7, 11) is 0. The van der Waals surface area contributed by atoms with Crippen molar-refractivity contribution in [1.82, 2.24) is 4.98 Å². The molecule has 1 unspecified atom stereocenters. The van der Waals surface area contributed by atoms with Crippen LogP contribution in [0.3, 0.4) is 0 Å². The third-order valence-electron chi connectivity index (χ3n) is 1.40. The molecule has 1 heterocycles.